The maximum atomic E-state index is 12.5. The molecule has 0 saturated carbocycles. The normalized spacial score (nSPS) is 15.5. The average molecular weight is 368 g/mol. The molecule has 1 aromatic heterocycles. The molecule has 7 nitrogen and oxygen atoms in total. The standard InChI is InChI=1S/C20H24N4O3/c1-23-10-11-24(13-16-8-5-9-21-19(16)23)14-18(25)22-17(20(26)27)12-15-6-3-2-4-7-15/h2-9,17H,10-14H2,1H3,(H,22,25)(H,26,27)/t17-/m0/s1. The van der Waals surface area contributed by atoms with E-state index in [0.717, 1.165) is 23.5 Å². The van der Waals surface area contributed by atoms with Crippen LogP contribution in [0.2, 0.25) is 0 Å². The molecule has 1 aliphatic rings. The number of amides is 1. The van der Waals surface area contributed by atoms with E-state index in [4.69, 9.17) is 0 Å². The van der Waals surface area contributed by atoms with Gasteiger partial charge in [0.25, 0.3) is 0 Å². The van der Waals surface area contributed by atoms with Crippen molar-refractivity contribution in [2.45, 2.75) is 19.0 Å². The first-order chi connectivity index (χ1) is 13.0. The number of nitrogens with zero attached hydrogens (tertiary/aromatic N) is 3. The minimum atomic E-state index is -1.03. The first-order valence-corrected chi connectivity index (χ1v) is 8.96. The highest BCUT2D eigenvalue weighted by Gasteiger charge is 2.24. The molecule has 1 aromatic carbocycles. The van der Waals surface area contributed by atoms with Gasteiger partial charge in [0.05, 0.1) is 6.54 Å². The smallest absolute Gasteiger partial charge is 0.326 e. The molecule has 0 saturated heterocycles. The van der Waals surface area contributed by atoms with E-state index in [1.165, 1.54) is 0 Å². The highest BCUT2D eigenvalue weighted by Crippen LogP contribution is 2.20. The fraction of sp³-hybridized carbons (Fsp3) is 0.350. The van der Waals surface area contributed by atoms with Crippen molar-refractivity contribution in [2.75, 3.05) is 31.6 Å². The number of aromatic nitrogens is 1. The molecule has 0 fully saturated rings. The van der Waals surface area contributed by atoms with Crippen LogP contribution in [-0.2, 0) is 22.6 Å². The molecule has 1 aliphatic heterocycles. The molecule has 2 heterocycles. The van der Waals surface area contributed by atoms with Crippen LogP contribution < -0.4 is 10.2 Å². The summed E-state index contributed by atoms with van der Waals surface area (Å²) in [5, 5.41) is 12.1. The van der Waals surface area contributed by atoms with Gasteiger partial charge in [-0.3, -0.25) is 9.69 Å². The highest BCUT2D eigenvalue weighted by atomic mass is 16.4. The monoisotopic (exact) mass is 368 g/mol. The average Bonchev–Trinajstić information content (AvgIpc) is 2.81. The second-order valence-electron chi connectivity index (χ2n) is 6.77. The summed E-state index contributed by atoms with van der Waals surface area (Å²) in [4.78, 5) is 32.5. The fourth-order valence-electron chi connectivity index (χ4n) is 3.24. The number of pyridine rings is 1. The van der Waals surface area contributed by atoms with Gasteiger partial charge in [0.1, 0.15) is 11.9 Å². The van der Waals surface area contributed by atoms with E-state index in [0.29, 0.717) is 13.1 Å². The number of anilines is 1. The minimum Gasteiger partial charge on any atom is -0.480 e. The van der Waals surface area contributed by atoms with Crippen LogP contribution in [0, 0.1) is 0 Å². The van der Waals surface area contributed by atoms with E-state index in [-0.39, 0.29) is 18.9 Å². The van der Waals surface area contributed by atoms with Crippen molar-refractivity contribution < 1.29 is 14.7 Å². The molecule has 0 radical (unpaired) electrons. The number of carboxylic acids is 1. The number of fused-ring (bicyclic) bond motifs is 1. The second kappa shape index (κ2) is 8.64. The van der Waals surface area contributed by atoms with Gasteiger partial charge in [-0.25, -0.2) is 9.78 Å². The molecular weight excluding hydrogens is 344 g/mol. The van der Waals surface area contributed by atoms with E-state index < -0.39 is 12.0 Å². The number of carbonyl (C=O) groups excluding carboxylic acids is 1. The quantitative estimate of drug-likeness (QED) is 0.795. The number of likely N-dealkylation sites (N-methyl/N-ethyl adjacent to an activating group) is 1. The Hall–Kier alpha value is -2.93. The lowest BCUT2D eigenvalue weighted by atomic mass is 10.1. The molecule has 0 unspecified atom stereocenters. The summed E-state index contributed by atoms with van der Waals surface area (Å²) >= 11 is 0. The number of benzene rings is 1. The first-order valence-electron chi connectivity index (χ1n) is 8.96. The Labute approximate surface area is 158 Å². The molecule has 7 heteroatoms. The summed E-state index contributed by atoms with van der Waals surface area (Å²) in [5.74, 6) is -0.390. The number of carboxylic acid groups (broad SMARTS) is 1. The Bertz CT molecular complexity index is 797. The van der Waals surface area contributed by atoms with Crippen molar-refractivity contribution in [2.24, 2.45) is 0 Å². The predicted octanol–water partition coefficient (Wildman–Crippen LogP) is 1.15. The van der Waals surface area contributed by atoms with Gasteiger partial charge in [-0.05, 0) is 11.6 Å². The minimum absolute atomic E-state index is 0.154. The van der Waals surface area contributed by atoms with Gasteiger partial charge in [-0.2, -0.15) is 0 Å². The zero-order valence-corrected chi connectivity index (χ0v) is 15.3. The molecule has 1 amide bonds. The summed E-state index contributed by atoms with van der Waals surface area (Å²) in [6.45, 7) is 2.22. The summed E-state index contributed by atoms with van der Waals surface area (Å²) < 4.78 is 0. The van der Waals surface area contributed by atoms with Gasteiger partial charge in [0.2, 0.25) is 5.91 Å². The summed E-state index contributed by atoms with van der Waals surface area (Å²) in [6, 6.07) is 12.3. The van der Waals surface area contributed by atoms with Gasteiger partial charge >= 0.3 is 5.97 Å². The van der Waals surface area contributed by atoms with Crippen LogP contribution in [0.15, 0.2) is 48.7 Å². The SMILES string of the molecule is CN1CCN(CC(=O)N[C@@H](Cc2ccccc2)C(=O)O)Cc2cccnc21. The van der Waals surface area contributed by atoms with Crippen molar-refractivity contribution in [3.05, 3.63) is 59.8 Å². The van der Waals surface area contributed by atoms with Gasteiger partial charge in [0, 0.05) is 44.9 Å². The Morgan fingerprint density at radius 2 is 1.96 bits per heavy atom. The van der Waals surface area contributed by atoms with Crippen molar-refractivity contribution in [3.8, 4) is 0 Å². The number of hydrogen-bond donors (Lipinski definition) is 2. The van der Waals surface area contributed by atoms with Gasteiger partial charge in [-0.1, -0.05) is 36.4 Å². The van der Waals surface area contributed by atoms with Crippen LogP contribution in [0.3, 0.4) is 0 Å². The van der Waals surface area contributed by atoms with Crippen molar-refractivity contribution in [3.63, 3.8) is 0 Å². The first kappa shape index (κ1) is 18.8. The van der Waals surface area contributed by atoms with Gasteiger partial charge < -0.3 is 15.3 Å². The fourth-order valence-corrected chi connectivity index (χ4v) is 3.24. The van der Waals surface area contributed by atoms with E-state index in [9.17, 15) is 14.7 Å². The summed E-state index contributed by atoms with van der Waals surface area (Å²) in [5.41, 5.74) is 1.94. The molecule has 2 aromatic rings. The Balaban J connectivity index is 1.61. The maximum Gasteiger partial charge on any atom is 0.326 e. The third-order valence-corrected chi connectivity index (χ3v) is 4.66. The largest absolute Gasteiger partial charge is 0.480 e. The Morgan fingerprint density at radius 3 is 2.70 bits per heavy atom. The van der Waals surface area contributed by atoms with Crippen LogP contribution >= 0.6 is 0 Å². The summed E-state index contributed by atoms with van der Waals surface area (Å²) in [6.07, 6.45) is 2.02. The van der Waals surface area contributed by atoms with E-state index in [2.05, 4.69) is 15.2 Å². The van der Waals surface area contributed by atoms with Crippen LogP contribution in [0.5, 0.6) is 0 Å². The van der Waals surface area contributed by atoms with Crippen LogP contribution in [0.25, 0.3) is 0 Å². The zero-order valence-electron chi connectivity index (χ0n) is 15.3. The van der Waals surface area contributed by atoms with Crippen LogP contribution in [0.1, 0.15) is 11.1 Å². The second-order valence-corrected chi connectivity index (χ2v) is 6.77. The van der Waals surface area contributed by atoms with Crippen molar-refractivity contribution in [1.82, 2.24) is 15.2 Å². The molecule has 3 rings (SSSR count). The molecule has 0 aliphatic carbocycles. The number of hydrogen-bond acceptors (Lipinski definition) is 5. The lowest BCUT2D eigenvalue weighted by molar-refractivity contribution is -0.142. The van der Waals surface area contributed by atoms with E-state index in [1.807, 2.05) is 54.4 Å². The third-order valence-electron chi connectivity index (χ3n) is 4.66. The predicted molar refractivity (Wildman–Crippen MR) is 102 cm³/mol. The molecule has 2 N–H and O–H groups in total. The summed E-state index contributed by atoms with van der Waals surface area (Å²) in [7, 11) is 1.98. The number of carbonyl (C=O) groups is 2. The molecule has 1 atom stereocenters. The lowest BCUT2D eigenvalue weighted by Crippen LogP contribution is -2.47. The molecule has 142 valence electrons. The lowest BCUT2D eigenvalue weighted by Gasteiger charge is -2.21. The maximum absolute atomic E-state index is 12.5. The van der Waals surface area contributed by atoms with Gasteiger partial charge in [0.15, 0.2) is 0 Å². The zero-order chi connectivity index (χ0) is 19.2. The number of rotatable bonds is 6. The Morgan fingerprint density at radius 1 is 1.19 bits per heavy atom. The number of nitrogens with one attached hydrogen (secondary N) is 1. The topological polar surface area (TPSA) is 85.8 Å². The van der Waals surface area contributed by atoms with E-state index in [1.54, 1.807) is 6.20 Å². The van der Waals surface area contributed by atoms with Crippen molar-refractivity contribution in [1.29, 1.82) is 0 Å². The molecular formula is C20H24N4O3. The number of aliphatic carboxylic acids is 1. The molecule has 0 bridgehead atoms. The van der Waals surface area contributed by atoms with Crippen molar-refractivity contribution >= 4 is 17.7 Å². The van der Waals surface area contributed by atoms with E-state index >= 15 is 0 Å². The third kappa shape index (κ3) is 5.04. The highest BCUT2D eigenvalue weighted by molar-refractivity contribution is 5.84. The molecule has 27 heavy (non-hydrogen) atoms. The van der Waals surface area contributed by atoms with Gasteiger partial charge in [-0.15, -0.1) is 0 Å². The molecule has 0 spiro atoms. The Kier molecular flexibility index (Phi) is 6.03. The van der Waals surface area contributed by atoms with Crippen LogP contribution in [0.4, 0.5) is 5.82 Å². The van der Waals surface area contributed by atoms with Crippen LogP contribution in [-0.4, -0.2) is 59.6 Å².